The maximum Gasteiger partial charge on any atom is 0.323 e. The van der Waals surface area contributed by atoms with Crippen LogP contribution < -0.4 is 5.32 Å². The van der Waals surface area contributed by atoms with E-state index in [1.54, 1.807) is 6.92 Å². The van der Waals surface area contributed by atoms with Gasteiger partial charge in [0, 0.05) is 12.6 Å². The van der Waals surface area contributed by atoms with Crippen molar-refractivity contribution in [1.82, 2.24) is 10.2 Å². The van der Waals surface area contributed by atoms with Gasteiger partial charge in [-0.2, -0.15) is 0 Å². The van der Waals surface area contributed by atoms with E-state index in [0.717, 1.165) is 25.9 Å². The Bertz CT molecular complexity index is 271. The Labute approximate surface area is 118 Å². The van der Waals surface area contributed by atoms with Crippen molar-refractivity contribution in [3.63, 3.8) is 0 Å². The van der Waals surface area contributed by atoms with Gasteiger partial charge in [0.25, 0.3) is 0 Å². The lowest BCUT2D eigenvalue weighted by molar-refractivity contribution is -0.145. The van der Waals surface area contributed by atoms with E-state index in [1.165, 1.54) is 0 Å². The molecule has 0 radical (unpaired) electrons. The maximum absolute atomic E-state index is 11.5. The van der Waals surface area contributed by atoms with Crippen LogP contribution in [0.15, 0.2) is 0 Å². The molecular formula is C15H32N2O2. The second-order valence-electron chi connectivity index (χ2n) is 6.07. The minimum absolute atomic E-state index is 0.249. The van der Waals surface area contributed by atoms with Crippen LogP contribution in [0.2, 0.25) is 0 Å². The van der Waals surface area contributed by atoms with Gasteiger partial charge in [-0.05, 0) is 46.2 Å². The third-order valence-corrected chi connectivity index (χ3v) is 3.99. The summed E-state index contributed by atoms with van der Waals surface area (Å²) < 4.78 is 0. The van der Waals surface area contributed by atoms with Crippen molar-refractivity contribution < 1.29 is 9.90 Å². The van der Waals surface area contributed by atoms with Crippen LogP contribution in [0.3, 0.4) is 0 Å². The van der Waals surface area contributed by atoms with Gasteiger partial charge < -0.3 is 15.3 Å². The predicted octanol–water partition coefficient (Wildman–Crippen LogP) is 2.59. The highest BCUT2D eigenvalue weighted by atomic mass is 16.4. The Balaban J connectivity index is 4.53. The lowest BCUT2D eigenvalue weighted by atomic mass is 9.92. The third-order valence-electron chi connectivity index (χ3n) is 3.99. The van der Waals surface area contributed by atoms with Crippen molar-refractivity contribution in [3.8, 4) is 0 Å². The van der Waals surface area contributed by atoms with E-state index in [1.807, 2.05) is 6.92 Å². The molecule has 0 aromatic rings. The zero-order valence-electron chi connectivity index (χ0n) is 13.5. The lowest BCUT2D eigenvalue weighted by Crippen LogP contribution is -2.53. The molecule has 0 aliphatic carbocycles. The molecule has 0 fully saturated rings. The predicted molar refractivity (Wildman–Crippen MR) is 80.5 cm³/mol. The molecule has 0 aromatic heterocycles. The summed E-state index contributed by atoms with van der Waals surface area (Å²) in [5.74, 6) is -0.114. The van der Waals surface area contributed by atoms with E-state index in [2.05, 4.69) is 38.0 Å². The van der Waals surface area contributed by atoms with Crippen LogP contribution >= 0.6 is 0 Å². The molecule has 0 saturated carbocycles. The Hall–Kier alpha value is -0.610. The molecule has 114 valence electrons. The first kappa shape index (κ1) is 18.4. The van der Waals surface area contributed by atoms with Gasteiger partial charge in [0.05, 0.1) is 0 Å². The fraction of sp³-hybridized carbons (Fsp3) is 0.933. The van der Waals surface area contributed by atoms with Crippen molar-refractivity contribution in [2.24, 2.45) is 5.92 Å². The normalized spacial score (nSPS) is 18.1. The van der Waals surface area contributed by atoms with Crippen molar-refractivity contribution in [2.45, 2.75) is 65.5 Å². The summed E-state index contributed by atoms with van der Waals surface area (Å²) in [7, 11) is 2.08. The monoisotopic (exact) mass is 272 g/mol. The van der Waals surface area contributed by atoms with Gasteiger partial charge >= 0.3 is 5.97 Å². The fourth-order valence-corrected chi connectivity index (χ4v) is 2.18. The van der Waals surface area contributed by atoms with Crippen molar-refractivity contribution in [3.05, 3.63) is 0 Å². The molecule has 0 heterocycles. The average Bonchev–Trinajstić information content (AvgIpc) is 2.35. The summed E-state index contributed by atoms with van der Waals surface area (Å²) in [4.78, 5) is 13.7. The van der Waals surface area contributed by atoms with Gasteiger partial charge in [0.15, 0.2) is 0 Å². The molecule has 0 aromatic carbocycles. The van der Waals surface area contributed by atoms with Gasteiger partial charge in [-0.3, -0.25) is 4.79 Å². The number of carboxylic acid groups (broad SMARTS) is 1. The highest BCUT2D eigenvalue weighted by molar-refractivity contribution is 5.78. The minimum atomic E-state index is -0.834. The zero-order valence-corrected chi connectivity index (χ0v) is 13.5. The summed E-state index contributed by atoms with van der Waals surface area (Å²) in [5.41, 5.74) is -0.834. The SMILES string of the molecule is CCCNC(C)(CC(C)N(C)CC(C)CC)C(=O)O. The van der Waals surface area contributed by atoms with E-state index < -0.39 is 11.5 Å². The zero-order chi connectivity index (χ0) is 15.1. The molecule has 0 amide bonds. The topological polar surface area (TPSA) is 52.6 Å². The fourth-order valence-electron chi connectivity index (χ4n) is 2.18. The van der Waals surface area contributed by atoms with E-state index in [0.29, 0.717) is 12.3 Å². The Kier molecular flexibility index (Phi) is 8.26. The average molecular weight is 272 g/mol. The number of hydrogen-bond acceptors (Lipinski definition) is 3. The number of rotatable bonds is 10. The van der Waals surface area contributed by atoms with E-state index in [-0.39, 0.29) is 6.04 Å². The van der Waals surface area contributed by atoms with Crippen molar-refractivity contribution in [1.29, 1.82) is 0 Å². The smallest absolute Gasteiger partial charge is 0.323 e. The third kappa shape index (κ3) is 6.39. The molecule has 0 rings (SSSR count). The molecule has 0 spiro atoms. The van der Waals surface area contributed by atoms with Crippen LogP contribution in [0.4, 0.5) is 0 Å². The molecule has 0 aliphatic heterocycles. The first-order chi connectivity index (χ1) is 8.76. The van der Waals surface area contributed by atoms with Crippen LogP contribution in [-0.4, -0.2) is 47.7 Å². The number of carbonyl (C=O) groups is 1. The van der Waals surface area contributed by atoms with E-state index in [9.17, 15) is 9.90 Å². The van der Waals surface area contributed by atoms with Gasteiger partial charge in [-0.1, -0.05) is 27.2 Å². The first-order valence-corrected chi connectivity index (χ1v) is 7.45. The minimum Gasteiger partial charge on any atom is -0.480 e. The molecule has 0 saturated heterocycles. The van der Waals surface area contributed by atoms with Crippen LogP contribution in [0.5, 0.6) is 0 Å². The van der Waals surface area contributed by atoms with Gasteiger partial charge in [-0.25, -0.2) is 0 Å². The number of nitrogens with zero attached hydrogens (tertiary/aromatic N) is 1. The van der Waals surface area contributed by atoms with Crippen LogP contribution in [0.25, 0.3) is 0 Å². The molecular weight excluding hydrogens is 240 g/mol. The molecule has 2 N–H and O–H groups in total. The maximum atomic E-state index is 11.5. The first-order valence-electron chi connectivity index (χ1n) is 7.45. The van der Waals surface area contributed by atoms with Crippen LogP contribution in [0, 0.1) is 5.92 Å². The Morgan fingerprint density at radius 1 is 1.37 bits per heavy atom. The molecule has 0 bridgehead atoms. The highest BCUT2D eigenvalue weighted by Crippen LogP contribution is 2.17. The Morgan fingerprint density at radius 3 is 2.37 bits per heavy atom. The van der Waals surface area contributed by atoms with Crippen LogP contribution in [0.1, 0.15) is 53.9 Å². The highest BCUT2D eigenvalue weighted by Gasteiger charge is 2.34. The number of nitrogens with one attached hydrogen (secondary N) is 1. The molecule has 19 heavy (non-hydrogen) atoms. The van der Waals surface area contributed by atoms with E-state index in [4.69, 9.17) is 0 Å². The number of hydrogen-bond donors (Lipinski definition) is 2. The quantitative estimate of drug-likeness (QED) is 0.642. The van der Waals surface area contributed by atoms with Crippen molar-refractivity contribution in [2.75, 3.05) is 20.1 Å². The molecule has 4 heteroatoms. The second-order valence-corrected chi connectivity index (χ2v) is 6.07. The number of carboxylic acids is 1. The van der Waals surface area contributed by atoms with Crippen molar-refractivity contribution >= 4 is 5.97 Å². The summed E-state index contributed by atoms with van der Waals surface area (Å²) >= 11 is 0. The Morgan fingerprint density at radius 2 is 1.95 bits per heavy atom. The summed E-state index contributed by atoms with van der Waals surface area (Å²) in [6.45, 7) is 12.1. The molecule has 0 aliphatic rings. The van der Waals surface area contributed by atoms with Gasteiger partial charge in [0.2, 0.25) is 0 Å². The standard InChI is InChI=1S/C15H32N2O2/c1-7-9-16-15(5,14(18)19)10-13(4)17(6)11-12(3)8-2/h12-13,16H,7-11H2,1-6H3,(H,18,19). The largest absolute Gasteiger partial charge is 0.480 e. The summed E-state index contributed by atoms with van der Waals surface area (Å²) in [6.07, 6.45) is 2.72. The second kappa shape index (κ2) is 8.54. The summed E-state index contributed by atoms with van der Waals surface area (Å²) in [6, 6.07) is 0.249. The molecule has 4 nitrogen and oxygen atoms in total. The summed E-state index contributed by atoms with van der Waals surface area (Å²) in [5, 5.41) is 12.6. The molecule has 3 atom stereocenters. The van der Waals surface area contributed by atoms with Crippen LogP contribution in [-0.2, 0) is 4.79 Å². The molecule has 3 unspecified atom stereocenters. The van der Waals surface area contributed by atoms with Gasteiger partial charge in [-0.15, -0.1) is 0 Å². The lowest BCUT2D eigenvalue weighted by Gasteiger charge is -2.34. The van der Waals surface area contributed by atoms with Gasteiger partial charge in [0.1, 0.15) is 5.54 Å². The number of aliphatic carboxylic acids is 1. The van der Waals surface area contributed by atoms with E-state index >= 15 is 0 Å².